The molecule has 1 aliphatic rings. The van der Waals surface area contributed by atoms with Crippen LogP contribution in [-0.2, 0) is 4.74 Å². The molecule has 0 aliphatic carbocycles. The van der Waals surface area contributed by atoms with Gasteiger partial charge in [0.1, 0.15) is 5.60 Å². The van der Waals surface area contributed by atoms with Gasteiger partial charge in [0, 0.05) is 6.61 Å². The normalized spacial score (nSPS) is 24.7. The maximum atomic E-state index is 13.4. The molecule has 0 bridgehead atoms. The summed E-state index contributed by atoms with van der Waals surface area (Å²) in [6, 6.07) is 3.60. The van der Waals surface area contributed by atoms with Crippen LogP contribution in [0.5, 0.6) is 0 Å². The molecule has 0 aromatic heterocycles. The first kappa shape index (κ1) is 11.2. The zero-order chi connectivity index (χ0) is 11.8. The molecule has 0 radical (unpaired) electrons. The first-order chi connectivity index (χ1) is 7.54. The lowest BCUT2D eigenvalue weighted by atomic mass is 9.92. The van der Waals surface area contributed by atoms with Crippen molar-refractivity contribution in [2.24, 2.45) is 0 Å². The molecule has 1 aromatic rings. The van der Waals surface area contributed by atoms with Crippen LogP contribution in [0.3, 0.4) is 0 Å². The van der Waals surface area contributed by atoms with Crippen LogP contribution < -0.4 is 0 Å². The summed E-state index contributed by atoms with van der Waals surface area (Å²) in [7, 11) is 0. The second-order valence-corrected chi connectivity index (χ2v) is 4.11. The van der Waals surface area contributed by atoms with Crippen molar-refractivity contribution in [1.29, 1.82) is 0 Å². The smallest absolute Gasteiger partial charge is 0.197 e. The lowest BCUT2D eigenvalue weighted by Crippen LogP contribution is -2.35. The van der Waals surface area contributed by atoms with E-state index in [0.717, 1.165) is 12.5 Å². The van der Waals surface area contributed by atoms with Gasteiger partial charge in [-0.25, -0.2) is 8.78 Å². The van der Waals surface area contributed by atoms with E-state index in [1.807, 2.05) is 0 Å². The second kappa shape index (κ2) is 3.94. The summed E-state index contributed by atoms with van der Waals surface area (Å²) in [5.41, 5.74) is -1.24. The number of Topliss-reactive ketones (excluding diaryl/α,β-unsaturated/α-hetero) is 1. The Hall–Kier alpha value is -1.29. The molecule has 0 N–H and O–H groups in total. The molecule has 1 aliphatic heterocycles. The number of benzene rings is 1. The second-order valence-electron chi connectivity index (χ2n) is 4.11. The largest absolute Gasteiger partial charge is 0.367 e. The third-order valence-corrected chi connectivity index (χ3v) is 2.90. The van der Waals surface area contributed by atoms with Gasteiger partial charge in [0.15, 0.2) is 17.4 Å². The topological polar surface area (TPSA) is 26.3 Å². The summed E-state index contributed by atoms with van der Waals surface area (Å²) in [5.74, 6) is -2.58. The van der Waals surface area contributed by atoms with E-state index in [1.165, 1.54) is 12.1 Å². The molecule has 1 unspecified atom stereocenters. The van der Waals surface area contributed by atoms with Gasteiger partial charge in [0.05, 0.1) is 5.56 Å². The van der Waals surface area contributed by atoms with E-state index in [-0.39, 0.29) is 5.56 Å². The van der Waals surface area contributed by atoms with Gasteiger partial charge >= 0.3 is 0 Å². The van der Waals surface area contributed by atoms with E-state index in [4.69, 9.17) is 4.74 Å². The zero-order valence-electron chi connectivity index (χ0n) is 8.93. The van der Waals surface area contributed by atoms with Crippen LogP contribution in [0.25, 0.3) is 0 Å². The van der Waals surface area contributed by atoms with Gasteiger partial charge in [-0.1, -0.05) is 6.07 Å². The van der Waals surface area contributed by atoms with Gasteiger partial charge in [-0.2, -0.15) is 0 Å². The number of hydrogen-bond acceptors (Lipinski definition) is 2. The lowest BCUT2D eigenvalue weighted by Gasteiger charge is -2.21. The average molecular weight is 226 g/mol. The highest BCUT2D eigenvalue weighted by molar-refractivity contribution is 6.02. The van der Waals surface area contributed by atoms with Crippen molar-refractivity contribution >= 4 is 5.78 Å². The van der Waals surface area contributed by atoms with Crippen LogP contribution >= 0.6 is 0 Å². The molecule has 86 valence electrons. The molecule has 0 amide bonds. The predicted molar refractivity (Wildman–Crippen MR) is 54.3 cm³/mol. The van der Waals surface area contributed by atoms with Gasteiger partial charge in [-0.3, -0.25) is 4.79 Å². The van der Waals surface area contributed by atoms with Crippen molar-refractivity contribution in [1.82, 2.24) is 0 Å². The maximum absolute atomic E-state index is 13.4. The fraction of sp³-hybridized carbons (Fsp3) is 0.417. The Labute approximate surface area is 92.2 Å². The standard InChI is InChI=1S/C12H12F2O2/c1-12(6-3-7-16-12)11(15)8-4-2-5-9(13)10(8)14/h2,4-5H,3,6-7H2,1H3. The highest BCUT2D eigenvalue weighted by Gasteiger charge is 2.39. The molecular formula is C12H12F2O2. The molecule has 1 fully saturated rings. The number of hydrogen-bond donors (Lipinski definition) is 0. The predicted octanol–water partition coefficient (Wildman–Crippen LogP) is 2.72. The third-order valence-electron chi connectivity index (χ3n) is 2.90. The molecule has 0 spiro atoms. The summed E-state index contributed by atoms with van der Waals surface area (Å²) in [5, 5.41) is 0. The van der Waals surface area contributed by atoms with E-state index in [9.17, 15) is 13.6 Å². The molecule has 16 heavy (non-hydrogen) atoms. The van der Waals surface area contributed by atoms with Gasteiger partial charge < -0.3 is 4.74 Å². The summed E-state index contributed by atoms with van der Waals surface area (Å²) in [6.45, 7) is 2.10. The Morgan fingerprint density at radius 2 is 2.19 bits per heavy atom. The zero-order valence-corrected chi connectivity index (χ0v) is 8.93. The minimum atomic E-state index is -1.09. The highest BCUT2D eigenvalue weighted by Crippen LogP contribution is 2.30. The van der Waals surface area contributed by atoms with Crippen molar-refractivity contribution in [2.45, 2.75) is 25.4 Å². The van der Waals surface area contributed by atoms with Gasteiger partial charge in [-0.15, -0.1) is 0 Å². The summed E-state index contributed by atoms with van der Waals surface area (Å²) in [6.07, 6.45) is 1.31. The molecule has 0 saturated carbocycles. The molecular weight excluding hydrogens is 214 g/mol. The summed E-state index contributed by atoms with van der Waals surface area (Å²) >= 11 is 0. The Morgan fingerprint density at radius 1 is 1.44 bits per heavy atom. The molecule has 2 nitrogen and oxygen atoms in total. The molecule has 2 rings (SSSR count). The van der Waals surface area contributed by atoms with Crippen molar-refractivity contribution in [3.8, 4) is 0 Å². The quantitative estimate of drug-likeness (QED) is 0.725. The summed E-state index contributed by atoms with van der Waals surface area (Å²) in [4.78, 5) is 12.0. The first-order valence-electron chi connectivity index (χ1n) is 5.17. The van der Waals surface area contributed by atoms with Crippen LogP contribution in [0.2, 0.25) is 0 Å². The monoisotopic (exact) mass is 226 g/mol. The Bertz CT molecular complexity index is 423. The van der Waals surface area contributed by atoms with Gasteiger partial charge in [-0.05, 0) is 31.9 Å². The molecule has 1 aromatic carbocycles. The van der Waals surface area contributed by atoms with Crippen molar-refractivity contribution in [3.05, 3.63) is 35.4 Å². The van der Waals surface area contributed by atoms with Gasteiger partial charge in [0.25, 0.3) is 0 Å². The molecule has 1 saturated heterocycles. The maximum Gasteiger partial charge on any atom is 0.197 e. The van der Waals surface area contributed by atoms with Crippen LogP contribution in [-0.4, -0.2) is 18.0 Å². The Kier molecular flexibility index (Phi) is 2.76. The third kappa shape index (κ3) is 1.73. The fourth-order valence-electron chi connectivity index (χ4n) is 1.92. The van der Waals surface area contributed by atoms with Crippen molar-refractivity contribution in [3.63, 3.8) is 0 Å². The fourth-order valence-corrected chi connectivity index (χ4v) is 1.92. The van der Waals surface area contributed by atoms with Crippen molar-refractivity contribution in [2.75, 3.05) is 6.61 Å². The van der Waals surface area contributed by atoms with E-state index in [1.54, 1.807) is 6.92 Å². The van der Waals surface area contributed by atoms with Crippen LogP contribution in [0.1, 0.15) is 30.1 Å². The van der Waals surface area contributed by atoms with Crippen LogP contribution in [0.4, 0.5) is 8.78 Å². The van der Waals surface area contributed by atoms with Crippen molar-refractivity contribution < 1.29 is 18.3 Å². The van der Waals surface area contributed by atoms with E-state index < -0.39 is 23.0 Å². The number of ketones is 1. The minimum absolute atomic E-state index is 0.232. The Morgan fingerprint density at radius 3 is 2.81 bits per heavy atom. The van der Waals surface area contributed by atoms with Crippen LogP contribution in [0, 0.1) is 11.6 Å². The first-order valence-corrected chi connectivity index (χ1v) is 5.17. The summed E-state index contributed by atoms with van der Waals surface area (Å²) < 4.78 is 31.7. The molecule has 1 heterocycles. The minimum Gasteiger partial charge on any atom is -0.367 e. The van der Waals surface area contributed by atoms with E-state index in [0.29, 0.717) is 13.0 Å². The lowest BCUT2D eigenvalue weighted by molar-refractivity contribution is 0.0209. The van der Waals surface area contributed by atoms with Gasteiger partial charge in [0.2, 0.25) is 0 Å². The molecule has 4 heteroatoms. The molecule has 1 atom stereocenters. The van der Waals surface area contributed by atoms with E-state index >= 15 is 0 Å². The SMILES string of the molecule is CC1(C(=O)c2cccc(F)c2F)CCCO1. The van der Waals surface area contributed by atoms with E-state index in [2.05, 4.69) is 0 Å². The number of carbonyl (C=O) groups is 1. The Balaban J connectivity index is 2.37. The number of halogens is 2. The number of carbonyl (C=O) groups excluding carboxylic acids is 1. The number of ether oxygens (including phenoxy) is 1. The highest BCUT2D eigenvalue weighted by atomic mass is 19.2. The van der Waals surface area contributed by atoms with Crippen LogP contribution in [0.15, 0.2) is 18.2 Å². The average Bonchev–Trinajstić information content (AvgIpc) is 2.70. The number of rotatable bonds is 2.